The van der Waals surface area contributed by atoms with Crippen LogP contribution in [0.25, 0.3) is 0 Å². The van der Waals surface area contributed by atoms with Gasteiger partial charge in [0.2, 0.25) is 0 Å². The van der Waals surface area contributed by atoms with Crippen LogP contribution in [-0.4, -0.2) is 38.5 Å². The van der Waals surface area contributed by atoms with E-state index in [9.17, 15) is 0 Å². The summed E-state index contributed by atoms with van der Waals surface area (Å²) in [6.07, 6.45) is 5.35. The number of ether oxygens (including phenoxy) is 2. The lowest BCUT2D eigenvalue weighted by Crippen LogP contribution is -2.50. The Kier molecular flexibility index (Phi) is 2.86. The Morgan fingerprint density at radius 2 is 2.23 bits per heavy atom. The molecule has 13 heavy (non-hydrogen) atoms. The van der Waals surface area contributed by atoms with Crippen molar-refractivity contribution in [3.05, 3.63) is 0 Å². The highest BCUT2D eigenvalue weighted by Gasteiger charge is 2.40. The smallest absolute Gasteiger partial charge is 0.105 e. The minimum Gasteiger partial charge on any atom is -0.376 e. The molecule has 0 aromatic heterocycles. The quantitative estimate of drug-likeness (QED) is 0.691. The van der Waals surface area contributed by atoms with Gasteiger partial charge in [0, 0.05) is 0 Å². The van der Waals surface area contributed by atoms with E-state index >= 15 is 0 Å². The summed E-state index contributed by atoms with van der Waals surface area (Å²) in [5.74, 6) is 0. The zero-order valence-electron chi connectivity index (χ0n) is 8.34. The Balaban J connectivity index is 1.76. The molecule has 1 heterocycles. The molecule has 1 saturated carbocycles. The van der Waals surface area contributed by atoms with E-state index in [0.29, 0.717) is 6.10 Å². The minimum absolute atomic E-state index is 0.206. The second kappa shape index (κ2) is 3.95. The van der Waals surface area contributed by atoms with Gasteiger partial charge in [-0.05, 0) is 39.3 Å². The van der Waals surface area contributed by atoms with Crippen LogP contribution >= 0.6 is 0 Å². The van der Waals surface area contributed by atoms with Gasteiger partial charge in [-0.1, -0.05) is 0 Å². The van der Waals surface area contributed by atoms with Crippen LogP contribution in [0.15, 0.2) is 0 Å². The molecule has 0 bridgehead atoms. The van der Waals surface area contributed by atoms with Crippen molar-refractivity contribution in [2.24, 2.45) is 0 Å². The predicted molar refractivity (Wildman–Crippen MR) is 50.8 cm³/mol. The highest BCUT2D eigenvalue weighted by Crippen LogP contribution is 2.40. The van der Waals surface area contributed by atoms with Crippen molar-refractivity contribution < 1.29 is 9.47 Å². The van der Waals surface area contributed by atoms with E-state index in [0.717, 1.165) is 26.2 Å². The first-order valence-corrected chi connectivity index (χ1v) is 5.25. The standard InChI is InChI=1S/C10H19NO2/c1-11-6-5-10(3-2-4-10)13-9-7-12-8-9/h9,11H,2-8H2,1H3. The number of hydrogen-bond acceptors (Lipinski definition) is 3. The highest BCUT2D eigenvalue weighted by molar-refractivity contribution is 4.92. The SMILES string of the molecule is CNCCC1(OC2COC2)CCC1. The Bertz CT molecular complexity index is 164. The van der Waals surface area contributed by atoms with Gasteiger partial charge in [0.15, 0.2) is 0 Å². The average Bonchev–Trinajstić information content (AvgIpc) is 1.99. The van der Waals surface area contributed by atoms with Crippen molar-refractivity contribution in [1.29, 1.82) is 0 Å². The number of hydrogen-bond donors (Lipinski definition) is 1. The Labute approximate surface area is 79.8 Å². The van der Waals surface area contributed by atoms with Crippen LogP contribution < -0.4 is 5.32 Å². The maximum Gasteiger partial charge on any atom is 0.105 e. The molecule has 0 spiro atoms. The van der Waals surface area contributed by atoms with Gasteiger partial charge in [0.1, 0.15) is 6.10 Å². The molecule has 3 nitrogen and oxygen atoms in total. The summed E-state index contributed by atoms with van der Waals surface area (Å²) >= 11 is 0. The largest absolute Gasteiger partial charge is 0.376 e. The van der Waals surface area contributed by atoms with Crippen LogP contribution in [0.1, 0.15) is 25.7 Å². The number of nitrogens with one attached hydrogen (secondary N) is 1. The van der Waals surface area contributed by atoms with Crippen molar-refractivity contribution in [2.75, 3.05) is 26.8 Å². The molecule has 1 saturated heterocycles. The van der Waals surface area contributed by atoms with Gasteiger partial charge in [-0.3, -0.25) is 0 Å². The molecule has 0 radical (unpaired) electrons. The summed E-state index contributed by atoms with van der Waals surface area (Å²) in [5, 5.41) is 3.19. The Morgan fingerprint density at radius 3 is 2.62 bits per heavy atom. The molecular formula is C10H19NO2. The zero-order valence-corrected chi connectivity index (χ0v) is 8.34. The van der Waals surface area contributed by atoms with Crippen LogP contribution in [0.4, 0.5) is 0 Å². The van der Waals surface area contributed by atoms with E-state index in [1.807, 2.05) is 7.05 Å². The van der Waals surface area contributed by atoms with Gasteiger partial charge in [-0.25, -0.2) is 0 Å². The molecule has 0 unspecified atom stereocenters. The van der Waals surface area contributed by atoms with Crippen LogP contribution in [0, 0.1) is 0 Å². The fourth-order valence-corrected chi connectivity index (χ4v) is 1.99. The van der Waals surface area contributed by atoms with E-state index in [1.165, 1.54) is 19.3 Å². The summed E-state index contributed by atoms with van der Waals surface area (Å²) in [6, 6.07) is 0. The second-order valence-electron chi connectivity index (χ2n) is 4.17. The molecule has 0 atom stereocenters. The van der Waals surface area contributed by atoms with Crippen LogP contribution in [-0.2, 0) is 9.47 Å². The maximum atomic E-state index is 6.05. The normalized spacial score (nSPS) is 26.5. The molecule has 0 aromatic carbocycles. The van der Waals surface area contributed by atoms with E-state index in [4.69, 9.17) is 9.47 Å². The third-order valence-electron chi connectivity index (χ3n) is 3.12. The third-order valence-corrected chi connectivity index (χ3v) is 3.12. The van der Waals surface area contributed by atoms with Crippen LogP contribution in [0.5, 0.6) is 0 Å². The fourth-order valence-electron chi connectivity index (χ4n) is 1.99. The van der Waals surface area contributed by atoms with Crippen molar-refractivity contribution in [2.45, 2.75) is 37.4 Å². The molecule has 0 aromatic rings. The molecule has 2 rings (SSSR count). The summed E-state index contributed by atoms with van der Waals surface area (Å²) in [6.45, 7) is 2.68. The Hall–Kier alpha value is -0.120. The molecule has 1 aliphatic heterocycles. The lowest BCUT2D eigenvalue weighted by atomic mass is 9.77. The van der Waals surface area contributed by atoms with Crippen molar-refractivity contribution >= 4 is 0 Å². The molecule has 0 amide bonds. The van der Waals surface area contributed by atoms with E-state index in [2.05, 4.69) is 5.32 Å². The van der Waals surface area contributed by atoms with Crippen molar-refractivity contribution in [3.63, 3.8) is 0 Å². The second-order valence-corrected chi connectivity index (χ2v) is 4.17. The molecule has 1 N–H and O–H groups in total. The summed E-state index contributed by atoms with van der Waals surface area (Å²) in [5.41, 5.74) is 0.206. The molecule has 76 valence electrons. The monoisotopic (exact) mass is 185 g/mol. The predicted octanol–water partition coefficient (Wildman–Crippen LogP) is 0.934. The Morgan fingerprint density at radius 1 is 1.46 bits per heavy atom. The van der Waals surface area contributed by atoms with Crippen molar-refractivity contribution in [1.82, 2.24) is 5.32 Å². The molecule has 2 fully saturated rings. The first-order chi connectivity index (χ1) is 6.35. The van der Waals surface area contributed by atoms with Gasteiger partial charge in [-0.2, -0.15) is 0 Å². The summed E-state index contributed by atoms with van der Waals surface area (Å²) in [4.78, 5) is 0. The van der Waals surface area contributed by atoms with Crippen LogP contribution in [0.2, 0.25) is 0 Å². The summed E-state index contributed by atoms with van der Waals surface area (Å²) < 4.78 is 11.2. The van der Waals surface area contributed by atoms with Gasteiger partial charge >= 0.3 is 0 Å². The van der Waals surface area contributed by atoms with Gasteiger partial charge in [0.05, 0.1) is 18.8 Å². The molecule has 2 aliphatic rings. The van der Waals surface area contributed by atoms with Crippen LogP contribution in [0.3, 0.4) is 0 Å². The van der Waals surface area contributed by atoms with Gasteiger partial charge in [0.25, 0.3) is 0 Å². The first kappa shape index (κ1) is 9.44. The highest BCUT2D eigenvalue weighted by atomic mass is 16.6. The fraction of sp³-hybridized carbons (Fsp3) is 1.00. The summed E-state index contributed by atoms with van der Waals surface area (Å²) in [7, 11) is 2.00. The van der Waals surface area contributed by atoms with E-state index in [1.54, 1.807) is 0 Å². The van der Waals surface area contributed by atoms with Gasteiger partial charge < -0.3 is 14.8 Å². The number of rotatable bonds is 5. The average molecular weight is 185 g/mol. The third kappa shape index (κ3) is 2.03. The zero-order chi connectivity index (χ0) is 9.15. The lowest BCUT2D eigenvalue weighted by molar-refractivity contribution is -0.217. The molecule has 3 heteroatoms. The lowest BCUT2D eigenvalue weighted by Gasteiger charge is -2.46. The molecular weight excluding hydrogens is 166 g/mol. The maximum absolute atomic E-state index is 6.05. The van der Waals surface area contributed by atoms with Gasteiger partial charge in [-0.15, -0.1) is 0 Å². The molecule has 1 aliphatic carbocycles. The topological polar surface area (TPSA) is 30.5 Å². The van der Waals surface area contributed by atoms with Crippen molar-refractivity contribution in [3.8, 4) is 0 Å². The van der Waals surface area contributed by atoms with E-state index in [-0.39, 0.29) is 5.60 Å². The minimum atomic E-state index is 0.206. The van der Waals surface area contributed by atoms with E-state index < -0.39 is 0 Å². The first-order valence-electron chi connectivity index (χ1n) is 5.25.